The smallest absolute Gasteiger partial charge is 0.252 e. The van der Waals surface area contributed by atoms with Crippen molar-refractivity contribution >= 4 is 145 Å². The number of anilines is 6. The Balaban J connectivity index is 0.908. The number of benzene rings is 20. The molecule has 0 amide bonds. The topological polar surface area (TPSA) is 42.6 Å². The molecule has 6 heterocycles. The van der Waals surface area contributed by atoms with E-state index in [9.17, 15) is 21.9 Å². The first-order valence-corrected chi connectivity index (χ1v) is 44.1. The molecule has 26 rings (SSSR count). The molecule has 6 nitrogen and oxygen atoms in total. The van der Waals surface area contributed by atoms with Crippen LogP contribution in [0.4, 0.5) is 34.1 Å². The number of fused-ring (bicyclic) bond motifs is 16. The highest BCUT2D eigenvalue weighted by molar-refractivity contribution is 7.00. The number of hydrogen-bond donors (Lipinski definition) is 0. The second-order valence-corrected chi connectivity index (χ2v) is 34.9. The van der Waals surface area contributed by atoms with Gasteiger partial charge in [0.15, 0.2) is 0 Å². The summed E-state index contributed by atoms with van der Waals surface area (Å²) in [7, 11) is 0. The molecule has 2 aliphatic heterocycles. The number of hydrogen-bond acceptors (Lipinski definition) is 4. The minimum Gasteiger partial charge on any atom is -0.455 e. The highest BCUT2D eigenvalue weighted by Gasteiger charge is 2.47. The van der Waals surface area contributed by atoms with E-state index in [4.69, 9.17) is 8.83 Å². The first-order valence-electron chi connectivity index (χ1n) is 52.1. The van der Waals surface area contributed by atoms with E-state index in [1.54, 1.807) is 9.13 Å². The first kappa shape index (κ1) is 60.8. The molecule has 0 saturated heterocycles. The molecule has 0 fully saturated rings. The van der Waals surface area contributed by atoms with Crippen LogP contribution in [-0.2, 0) is 5.41 Å². The lowest BCUT2D eigenvalue weighted by molar-refractivity contribution is 0.592. The van der Waals surface area contributed by atoms with Crippen LogP contribution in [0.3, 0.4) is 0 Å². The molecule has 0 unspecified atom stereocenters. The van der Waals surface area contributed by atoms with Crippen LogP contribution in [0.1, 0.15) is 48.3 Å². The van der Waals surface area contributed by atoms with Crippen molar-refractivity contribution in [1.29, 1.82) is 0 Å². The van der Waals surface area contributed by atoms with Crippen LogP contribution in [0.5, 0.6) is 0 Å². The van der Waals surface area contributed by atoms with Crippen LogP contribution in [0.25, 0.3) is 199 Å². The predicted octanol–water partition coefficient (Wildman–Crippen LogP) is 32.1. The summed E-state index contributed by atoms with van der Waals surface area (Å²) in [6.07, 6.45) is 0. The molecule has 0 spiro atoms. The van der Waals surface area contributed by atoms with Crippen molar-refractivity contribution in [1.82, 2.24) is 9.13 Å². The number of nitrogens with zero attached hydrogens (tertiary/aromatic N) is 4. The molecule has 0 bridgehead atoms. The molecule has 0 atom stereocenters. The highest BCUT2D eigenvalue weighted by Crippen LogP contribution is 2.58. The molecule has 20 aromatic carbocycles. The quantitative estimate of drug-likeness (QED) is 0.108. The largest absolute Gasteiger partial charge is 0.455 e. The van der Waals surface area contributed by atoms with Gasteiger partial charge in [0.2, 0.25) is 0 Å². The van der Waals surface area contributed by atoms with E-state index in [-0.39, 0.29) is 55.0 Å². The highest BCUT2D eigenvalue weighted by atomic mass is 16.3. The average molecular weight is 1690 g/mol. The maximum absolute atomic E-state index is 10.2. The molecule has 2 aliphatic rings. The summed E-state index contributed by atoms with van der Waals surface area (Å²) in [4.78, 5) is 4.70. The van der Waals surface area contributed by atoms with Gasteiger partial charge in [0.25, 0.3) is 6.71 Å². The number of furan rings is 2. The lowest BCUT2D eigenvalue weighted by Crippen LogP contribution is -2.61. The fraction of sp³-hybridized carbons (Fsp3) is 0.0323. The summed E-state index contributed by atoms with van der Waals surface area (Å²) in [5.74, 6) is 0. The summed E-state index contributed by atoms with van der Waals surface area (Å²) < 4.78 is 174. The lowest BCUT2D eigenvalue weighted by Gasteiger charge is -2.46. The van der Waals surface area contributed by atoms with Crippen LogP contribution < -0.4 is 26.2 Å². The maximum Gasteiger partial charge on any atom is 0.252 e. The summed E-state index contributed by atoms with van der Waals surface area (Å²) in [5, 5.41) is 3.01. The van der Waals surface area contributed by atoms with E-state index in [0.29, 0.717) is 89.6 Å². The summed E-state index contributed by atoms with van der Waals surface area (Å²) in [6, 6.07) is 112. The summed E-state index contributed by atoms with van der Waals surface area (Å²) in [6.45, 7) is 5.66. The third-order valence-corrected chi connectivity index (χ3v) is 26.5. The van der Waals surface area contributed by atoms with E-state index in [1.807, 2.05) is 146 Å². The van der Waals surface area contributed by atoms with E-state index in [1.165, 1.54) is 0 Å². The van der Waals surface area contributed by atoms with Gasteiger partial charge in [0, 0.05) is 111 Å². The van der Waals surface area contributed by atoms with Gasteiger partial charge in [-0.15, -0.1) is 0 Å². The van der Waals surface area contributed by atoms with Gasteiger partial charge < -0.3 is 27.8 Å². The molecule has 24 aromatic rings. The molecule has 131 heavy (non-hydrogen) atoms. The Morgan fingerprint density at radius 3 is 1.00 bits per heavy atom. The maximum atomic E-state index is 10.2. The average Bonchev–Trinajstić information content (AvgIpc) is 1.57. The standard InChI is InChI=1S/C124H83BN4O2/c1-124(2,3)106-57-23-16-46-91(106)88-74-115-119-116(75-88)129(121-103(85-45-31-43-83(69-85)79-36-10-5-11-37-79)71-87(81-40-14-7-15-41-81)73-105(121)101-56-33-54-99-97-52-22-29-63-118(97)131-123(99)101)114-77-90(127-111-60-26-19-49-94(111)95-50-20-27-61-112(95)127)65-67-108(114)125(119)107-66-64-89(126-109-58-24-17-47-92(109)93-48-18-25-59-110(93)126)76-113(107)128(115)120-102(84-44-30-42-82(68-84)78-34-8-4-9-35-78)70-86(80-38-12-6-13-39-80)72-104(120)100-55-32-53-98-96-51-21-28-62-117(96)130-122(98)100/h4-77H,1-3H3/i17D,18D,19D,20D,24D,25D,26D,27D,47D,48D,49D,50D,58D,59D,60D,61D. The van der Waals surface area contributed by atoms with Gasteiger partial charge in [-0.1, -0.05) is 360 Å². The Morgan fingerprint density at radius 1 is 0.244 bits per heavy atom. The fourth-order valence-corrected chi connectivity index (χ4v) is 20.7. The third-order valence-electron chi connectivity index (χ3n) is 26.5. The Hall–Kier alpha value is -16.7. The van der Waals surface area contributed by atoms with Gasteiger partial charge >= 0.3 is 0 Å². The van der Waals surface area contributed by atoms with Crippen molar-refractivity contribution in [3.63, 3.8) is 0 Å². The van der Waals surface area contributed by atoms with Gasteiger partial charge in [-0.25, -0.2) is 0 Å². The van der Waals surface area contributed by atoms with Crippen LogP contribution >= 0.6 is 0 Å². The summed E-state index contributed by atoms with van der Waals surface area (Å²) in [5.41, 5.74) is 23.3. The van der Waals surface area contributed by atoms with Gasteiger partial charge in [0.1, 0.15) is 22.3 Å². The molecule has 614 valence electrons. The molecule has 0 saturated carbocycles. The second-order valence-electron chi connectivity index (χ2n) is 34.9. The zero-order chi connectivity index (χ0) is 101. The van der Waals surface area contributed by atoms with Gasteiger partial charge in [-0.2, -0.15) is 0 Å². The SMILES string of the molecule is [2H]c1c([2H])c([2H])c2c(c1[2H])c1c([2H])c([2H])c([2H])c([2H])c1n2-c1ccc2c(c1)N(c1c(-c3cccc(-c4ccccc4)c3)cc(-c3ccccc3)cc1-c1cccc3c1oc1ccccc13)c1cc(-c3ccccc3C(C)(C)C)cc3c1B2c1ccc(-n2c4c([2H])c([2H])c([2H])c([2H])c4c4c([2H])c([2H])c([2H])c([2H])c42)cc1N3c1c(-c2cccc(-c3ccccc3)c2)cc(-c2ccccc2)cc1-c1cccc2c1oc1ccccc12. The predicted molar refractivity (Wildman–Crippen MR) is 551 cm³/mol. The Labute approximate surface area is 781 Å². The zero-order valence-corrected chi connectivity index (χ0v) is 71.2. The Morgan fingerprint density at radius 2 is 0.580 bits per heavy atom. The Bertz CT molecular complexity index is 9160. The molecule has 7 heteroatoms. The summed E-state index contributed by atoms with van der Waals surface area (Å²) >= 11 is 0. The molecule has 0 radical (unpaired) electrons. The zero-order valence-electron chi connectivity index (χ0n) is 87.2. The van der Waals surface area contributed by atoms with Gasteiger partial charge in [-0.3, -0.25) is 0 Å². The Kier molecular flexibility index (Phi) is 13.9. The van der Waals surface area contributed by atoms with Crippen LogP contribution in [0.15, 0.2) is 457 Å². The van der Waals surface area contributed by atoms with Crippen LogP contribution in [0, 0.1) is 0 Å². The monoisotopic (exact) mass is 1690 g/mol. The van der Waals surface area contributed by atoms with E-state index < -0.39 is 109 Å². The van der Waals surface area contributed by atoms with Gasteiger partial charge in [0.05, 0.1) is 55.4 Å². The molecule has 4 aromatic heterocycles. The van der Waals surface area contributed by atoms with Crippen molar-refractivity contribution in [3.05, 3.63) is 454 Å². The third kappa shape index (κ3) is 12.1. The second kappa shape index (κ2) is 30.0. The first-order chi connectivity index (χ1) is 71.3. The molecular weight excluding hydrogens is 1590 g/mol. The van der Waals surface area contributed by atoms with Crippen molar-refractivity contribution < 1.29 is 30.8 Å². The lowest BCUT2D eigenvalue weighted by atomic mass is 9.33. The minimum atomic E-state index is -0.950. The van der Waals surface area contributed by atoms with Crippen molar-refractivity contribution in [2.45, 2.75) is 26.2 Å². The van der Waals surface area contributed by atoms with E-state index in [2.05, 4.69) is 237 Å². The molecule has 0 aliphatic carbocycles. The normalized spacial score (nSPS) is 14.2. The van der Waals surface area contributed by atoms with Crippen molar-refractivity contribution in [3.8, 4) is 112 Å². The molecule has 0 N–H and O–H groups in total. The minimum absolute atomic E-state index is 0.0968. The van der Waals surface area contributed by atoms with Crippen LogP contribution in [0.2, 0.25) is 0 Å². The fourth-order valence-electron chi connectivity index (χ4n) is 20.7. The van der Waals surface area contributed by atoms with Crippen molar-refractivity contribution in [2.75, 3.05) is 9.80 Å². The number of aromatic nitrogens is 2. The number of rotatable bonds is 13. The van der Waals surface area contributed by atoms with Crippen molar-refractivity contribution in [2.24, 2.45) is 0 Å². The van der Waals surface area contributed by atoms with E-state index >= 15 is 0 Å². The van der Waals surface area contributed by atoms with Crippen LogP contribution in [-0.4, -0.2) is 15.8 Å². The number of para-hydroxylation sites is 8. The van der Waals surface area contributed by atoms with Gasteiger partial charge in [-0.05, 0) is 203 Å². The van der Waals surface area contributed by atoms with E-state index in [0.717, 1.165) is 110 Å². The molecular formula is C124H83BN4O2.